The number of hydrogen-bond acceptors (Lipinski definition) is 2. The van der Waals surface area contributed by atoms with Gasteiger partial charge in [0.25, 0.3) is 0 Å². The minimum atomic E-state index is -0.473. The molecule has 1 N–H and O–H groups in total. The fourth-order valence-corrected chi connectivity index (χ4v) is 1.99. The van der Waals surface area contributed by atoms with Gasteiger partial charge in [-0.2, -0.15) is 5.26 Å². The number of nitriles is 1. The first-order valence-corrected chi connectivity index (χ1v) is 6.62. The second kappa shape index (κ2) is 6.46. The first kappa shape index (κ1) is 13.7. The molecule has 19 heavy (non-hydrogen) atoms. The van der Waals surface area contributed by atoms with Gasteiger partial charge >= 0.3 is 0 Å². The highest BCUT2D eigenvalue weighted by atomic mass is 79.9. The van der Waals surface area contributed by atoms with Crippen LogP contribution in [0.2, 0.25) is 0 Å². The van der Waals surface area contributed by atoms with E-state index in [0.717, 1.165) is 16.6 Å². The summed E-state index contributed by atoms with van der Waals surface area (Å²) in [7, 11) is 0. The van der Waals surface area contributed by atoms with Crippen molar-refractivity contribution < 1.29 is 4.39 Å². The SMILES string of the molecule is N#Cc1cc(CNCc2ccc(Br)cc2)ccc1F. The lowest BCUT2D eigenvalue weighted by atomic mass is 10.1. The Morgan fingerprint density at radius 3 is 2.37 bits per heavy atom. The van der Waals surface area contributed by atoms with E-state index in [2.05, 4.69) is 21.2 Å². The maximum Gasteiger partial charge on any atom is 0.140 e. The molecule has 2 aromatic carbocycles. The molecule has 0 unspecified atom stereocenters. The van der Waals surface area contributed by atoms with E-state index >= 15 is 0 Å². The van der Waals surface area contributed by atoms with Gasteiger partial charge in [-0.25, -0.2) is 4.39 Å². The molecule has 0 aliphatic rings. The van der Waals surface area contributed by atoms with Gasteiger partial charge in [0, 0.05) is 17.6 Å². The molecule has 0 amide bonds. The molecular weight excluding hydrogens is 307 g/mol. The Labute approximate surface area is 120 Å². The zero-order valence-electron chi connectivity index (χ0n) is 10.2. The van der Waals surface area contributed by atoms with Crippen LogP contribution in [0, 0.1) is 17.1 Å². The van der Waals surface area contributed by atoms with Gasteiger partial charge < -0.3 is 5.32 Å². The van der Waals surface area contributed by atoms with Crippen molar-refractivity contribution in [1.82, 2.24) is 5.32 Å². The molecule has 0 atom stereocenters. The third-order valence-corrected chi connectivity index (χ3v) is 3.25. The summed E-state index contributed by atoms with van der Waals surface area (Å²) in [5.41, 5.74) is 2.16. The van der Waals surface area contributed by atoms with E-state index in [1.807, 2.05) is 30.3 Å². The van der Waals surface area contributed by atoms with Crippen LogP contribution >= 0.6 is 15.9 Å². The Morgan fingerprint density at radius 1 is 1.05 bits per heavy atom. The fraction of sp³-hybridized carbons (Fsp3) is 0.133. The molecule has 2 aromatic rings. The Morgan fingerprint density at radius 2 is 1.68 bits per heavy atom. The highest BCUT2D eigenvalue weighted by Gasteiger charge is 2.02. The average Bonchev–Trinajstić information content (AvgIpc) is 2.43. The van der Waals surface area contributed by atoms with Gasteiger partial charge in [-0.05, 0) is 35.4 Å². The molecule has 0 aliphatic carbocycles. The summed E-state index contributed by atoms with van der Waals surface area (Å²) in [6.07, 6.45) is 0. The molecule has 2 rings (SSSR count). The molecule has 0 bridgehead atoms. The third kappa shape index (κ3) is 3.88. The van der Waals surface area contributed by atoms with Gasteiger partial charge in [0.05, 0.1) is 5.56 Å². The molecule has 0 saturated heterocycles. The minimum absolute atomic E-state index is 0.0861. The highest BCUT2D eigenvalue weighted by Crippen LogP contribution is 2.11. The van der Waals surface area contributed by atoms with Crippen molar-refractivity contribution in [2.45, 2.75) is 13.1 Å². The van der Waals surface area contributed by atoms with Crippen molar-refractivity contribution in [2.75, 3.05) is 0 Å². The molecule has 0 saturated carbocycles. The minimum Gasteiger partial charge on any atom is -0.309 e. The molecule has 96 valence electrons. The van der Waals surface area contributed by atoms with Crippen LogP contribution in [0.4, 0.5) is 4.39 Å². The lowest BCUT2D eigenvalue weighted by Gasteiger charge is -2.06. The number of rotatable bonds is 4. The monoisotopic (exact) mass is 318 g/mol. The quantitative estimate of drug-likeness (QED) is 0.932. The van der Waals surface area contributed by atoms with Crippen molar-refractivity contribution in [3.63, 3.8) is 0 Å². The van der Waals surface area contributed by atoms with Crippen LogP contribution in [-0.2, 0) is 13.1 Å². The number of benzene rings is 2. The predicted molar refractivity (Wildman–Crippen MR) is 75.8 cm³/mol. The van der Waals surface area contributed by atoms with Crippen LogP contribution in [0.15, 0.2) is 46.9 Å². The Kier molecular flexibility index (Phi) is 4.67. The third-order valence-electron chi connectivity index (χ3n) is 2.72. The van der Waals surface area contributed by atoms with E-state index in [-0.39, 0.29) is 5.56 Å². The van der Waals surface area contributed by atoms with Gasteiger partial charge in [0.15, 0.2) is 0 Å². The largest absolute Gasteiger partial charge is 0.309 e. The fourth-order valence-electron chi connectivity index (χ4n) is 1.72. The Hall–Kier alpha value is -1.70. The van der Waals surface area contributed by atoms with Gasteiger partial charge in [-0.3, -0.25) is 0 Å². The Bertz CT molecular complexity index is 603. The van der Waals surface area contributed by atoms with Crippen LogP contribution in [0.25, 0.3) is 0 Å². The van der Waals surface area contributed by atoms with E-state index in [0.29, 0.717) is 6.54 Å². The number of nitrogens with zero attached hydrogens (tertiary/aromatic N) is 1. The summed E-state index contributed by atoms with van der Waals surface area (Å²) in [6, 6.07) is 14.5. The van der Waals surface area contributed by atoms with E-state index in [1.165, 1.54) is 11.6 Å². The van der Waals surface area contributed by atoms with Gasteiger partial charge in [-0.1, -0.05) is 34.1 Å². The summed E-state index contributed by atoms with van der Waals surface area (Å²) in [6.45, 7) is 1.33. The smallest absolute Gasteiger partial charge is 0.140 e. The molecule has 2 nitrogen and oxygen atoms in total. The number of nitrogens with one attached hydrogen (secondary N) is 1. The Balaban J connectivity index is 1.92. The molecular formula is C15H12BrFN2. The van der Waals surface area contributed by atoms with Crippen LogP contribution in [0.1, 0.15) is 16.7 Å². The molecule has 0 heterocycles. The lowest BCUT2D eigenvalue weighted by Crippen LogP contribution is -2.12. The molecule has 0 fully saturated rings. The number of hydrogen-bond donors (Lipinski definition) is 1. The van der Waals surface area contributed by atoms with Gasteiger partial charge in [-0.15, -0.1) is 0 Å². The lowest BCUT2D eigenvalue weighted by molar-refractivity contribution is 0.621. The maximum atomic E-state index is 13.1. The van der Waals surface area contributed by atoms with Crippen LogP contribution < -0.4 is 5.32 Å². The zero-order valence-corrected chi connectivity index (χ0v) is 11.7. The molecule has 4 heteroatoms. The maximum absolute atomic E-state index is 13.1. The molecule has 0 aromatic heterocycles. The van der Waals surface area contributed by atoms with E-state index in [9.17, 15) is 4.39 Å². The first-order valence-electron chi connectivity index (χ1n) is 5.83. The summed E-state index contributed by atoms with van der Waals surface area (Å²) < 4.78 is 14.2. The predicted octanol–water partition coefficient (Wildman–Crippen LogP) is 3.75. The van der Waals surface area contributed by atoms with E-state index in [4.69, 9.17) is 5.26 Å². The molecule has 0 aliphatic heterocycles. The van der Waals surface area contributed by atoms with E-state index in [1.54, 1.807) is 12.1 Å². The number of halogens is 2. The van der Waals surface area contributed by atoms with Crippen molar-refractivity contribution in [2.24, 2.45) is 0 Å². The van der Waals surface area contributed by atoms with Gasteiger partial charge in [0.2, 0.25) is 0 Å². The summed E-state index contributed by atoms with van der Waals surface area (Å²) in [5.74, 6) is -0.473. The zero-order chi connectivity index (χ0) is 13.7. The summed E-state index contributed by atoms with van der Waals surface area (Å²) in [5, 5.41) is 12.0. The molecule has 0 spiro atoms. The second-order valence-corrected chi connectivity index (χ2v) is 5.07. The van der Waals surface area contributed by atoms with Crippen LogP contribution in [0.3, 0.4) is 0 Å². The van der Waals surface area contributed by atoms with Crippen LogP contribution in [-0.4, -0.2) is 0 Å². The summed E-state index contributed by atoms with van der Waals surface area (Å²) in [4.78, 5) is 0. The van der Waals surface area contributed by atoms with Crippen molar-refractivity contribution in [1.29, 1.82) is 5.26 Å². The first-order chi connectivity index (χ1) is 9.19. The van der Waals surface area contributed by atoms with Crippen molar-refractivity contribution >= 4 is 15.9 Å². The van der Waals surface area contributed by atoms with Crippen molar-refractivity contribution in [3.05, 3.63) is 69.4 Å². The van der Waals surface area contributed by atoms with E-state index < -0.39 is 5.82 Å². The standard InChI is InChI=1S/C15H12BrFN2/c16-14-4-1-11(2-5-14)9-19-10-12-3-6-15(17)13(7-12)8-18/h1-7,19H,9-10H2. The van der Waals surface area contributed by atoms with Gasteiger partial charge in [0.1, 0.15) is 11.9 Å². The summed E-state index contributed by atoms with van der Waals surface area (Å²) >= 11 is 3.39. The topological polar surface area (TPSA) is 35.8 Å². The normalized spacial score (nSPS) is 10.2. The second-order valence-electron chi connectivity index (χ2n) is 4.16. The average molecular weight is 319 g/mol. The van der Waals surface area contributed by atoms with Crippen LogP contribution in [0.5, 0.6) is 0 Å². The highest BCUT2D eigenvalue weighted by molar-refractivity contribution is 9.10. The van der Waals surface area contributed by atoms with Crippen molar-refractivity contribution in [3.8, 4) is 6.07 Å². The molecule has 0 radical (unpaired) electrons.